The molecule has 4 nitrogen and oxygen atoms in total. The van der Waals surface area contributed by atoms with Crippen molar-refractivity contribution in [3.05, 3.63) is 53.3 Å². The van der Waals surface area contributed by atoms with Gasteiger partial charge in [0.25, 0.3) is 5.91 Å². The van der Waals surface area contributed by atoms with Gasteiger partial charge in [0.2, 0.25) is 0 Å². The van der Waals surface area contributed by atoms with E-state index >= 15 is 0 Å². The Morgan fingerprint density at radius 3 is 2.57 bits per heavy atom. The van der Waals surface area contributed by atoms with Gasteiger partial charge in [-0.05, 0) is 31.2 Å². The lowest BCUT2D eigenvalue weighted by Gasteiger charge is -2.11. The molecule has 0 aliphatic heterocycles. The fourth-order valence-corrected chi connectivity index (χ4v) is 2.01. The van der Waals surface area contributed by atoms with E-state index in [-0.39, 0.29) is 11.7 Å². The molecule has 0 bridgehead atoms. The molecular weight excluding hydrogens is 271 g/mol. The highest BCUT2D eigenvalue weighted by atomic mass is 19.1. The van der Waals surface area contributed by atoms with E-state index in [0.717, 1.165) is 5.56 Å². The van der Waals surface area contributed by atoms with Gasteiger partial charge in [-0.2, -0.15) is 0 Å². The summed E-state index contributed by atoms with van der Waals surface area (Å²) in [7, 11) is 3.14. The van der Waals surface area contributed by atoms with Crippen LogP contribution in [0.3, 0.4) is 0 Å². The molecule has 0 saturated heterocycles. The smallest absolute Gasteiger partial charge is 0.257 e. The summed E-state index contributed by atoms with van der Waals surface area (Å²) >= 11 is 0. The Labute approximate surface area is 122 Å². The van der Waals surface area contributed by atoms with Crippen molar-refractivity contribution >= 4 is 17.3 Å². The molecule has 0 heterocycles. The Morgan fingerprint density at radius 2 is 1.95 bits per heavy atom. The Balaban J connectivity index is 2.26. The maximum absolute atomic E-state index is 13.6. The van der Waals surface area contributed by atoms with E-state index < -0.39 is 5.82 Å². The SMILES string of the molecule is CNc1ccc(C)cc1C(=O)Nc1ccc(OC)c(F)c1. The number of aryl methyl sites for hydroxylation is 1. The number of anilines is 2. The predicted molar refractivity (Wildman–Crippen MR) is 81.6 cm³/mol. The topological polar surface area (TPSA) is 50.4 Å². The van der Waals surface area contributed by atoms with E-state index in [2.05, 4.69) is 10.6 Å². The van der Waals surface area contributed by atoms with Crippen molar-refractivity contribution in [3.8, 4) is 5.75 Å². The van der Waals surface area contributed by atoms with E-state index in [4.69, 9.17) is 4.74 Å². The van der Waals surface area contributed by atoms with Crippen LogP contribution in [0.1, 0.15) is 15.9 Å². The molecule has 1 amide bonds. The number of amides is 1. The minimum absolute atomic E-state index is 0.138. The van der Waals surface area contributed by atoms with Crippen molar-refractivity contribution in [2.24, 2.45) is 0 Å². The maximum atomic E-state index is 13.6. The third-order valence-corrected chi connectivity index (χ3v) is 3.10. The summed E-state index contributed by atoms with van der Waals surface area (Å²) in [5.74, 6) is -0.680. The van der Waals surface area contributed by atoms with Gasteiger partial charge >= 0.3 is 0 Å². The zero-order chi connectivity index (χ0) is 15.4. The summed E-state index contributed by atoms with van der Waals surface area (Å²) in [6.07, 6.45) is 0. The fraction of sp³-hybridized carbons (Fsp3) is 0.188. The first-order chi connectivity index (χ1) is 10.0. The molecule has 2 aromatic carbocycles. The second kappa shape index (κ2) is 6.26. The normalized spacial score (nSPS) is 10.1. The van der Waals surface area contributed by atoms with E-state index in [1.165, 1.54) is 19.2 Å². The Kier molecular flexibility index (Phi) is 4.42. The van der Waals surface area contributed by atoms with E-state index in [1.54, 1.807) is 19.2 Å². The minimum atomic E-state index is -0.520. The molecule has 2 N–H and O–H groups in total. The lowest BCUT2D eigenvalue weighted by molar-refractivity contribution is 0.102. The van der Waals surface area contributed by atoms with Crippen LogP contribution in [0.25, 0.3) is 0 Å². The first kappa shape index (κ1) is 14.8. The summed E-state index contributed by atoms with van der Waals surface area (Å²) in [6.45, 7) is 1.91. The highest BCUT2D eigenvalue weighted by Crippen LogP contribution is 2.23. The number of halogens is 1. The van der Waals surface area contributed by atoms with Crippen LogP contribution in [-0.4, -0.2) is 20.1 Å². The first-order valence-electron chi connectivity index (χ1n) is 6.48. The molecular formula is C16H17FN2O2. The Morgan fingerprint density at radius 1 is 1.19 bits per heavy atom. The first-order valence-corrected chi connectivity index (χ1v) is 6.48. The maximum Gasteiger partial charge on any atom is 0.257 e. The van der Waals surface area contributed by atoms with Crippen LogP contribution in [0.5, 0.6) is 5.75 Å². The molecule has 0 fully saturated rings. The summed E-state index contributed by atoms with van der Waals surface area (Å²) < 4.78 is 18.5. The van der Waals surface area contributed by atoms with Gasteiger partial charge in [0.05, 0.1) is 12.7 Å². The predicted octanol–water partition coefficient (Wildman–Crippen LogP) is 3.44. The van der Waals surface area contributed by atoms with Crippen molar-refractivity contribution in [2.45, 2.75) is 6.92 Å². The minimum Gasteiger partial charge on any atom is -0.494 e. The second-order valence-corrected chi connectivity index (χ2v) is 4.60. The summed E-state index contributed by atoms with van der Waals surface area (Å²) in [5.41, 5.74) is 2.57. The monoisotopic (exact) mass is 288 g/mol. The fourth-order valence-electron chi connectivity index (χ4n) is 2.01. The van der Waals surface area contributed by atoms with Crippen LogP contribution >= 0.6 is 0 Å². The number of carbonyl (C=O) groups is 1. The molecule has 2 aromatic rings. The highest BCUT2D eigenvalue weighted by molar-refractivity contribution is 6.08. The number of hydrogen-bond donors (Lipinski definition) is 2. The van der Waals surface area contributed by atoms with E-state index in [0.29, 0.717) is 16.9 Å². The molecule has 21 heavy (non-hydrogen) atoms. The van der Waals surface area contributed by atoms with Crippen LogP contribution in [-0.2, 0) is 0 Å². The number of rotatable bonds is 4. The quantitative estimate of drug-likeness (QED) is 0.906. The van der Waals surface area contributed by atoms with Crippen LogP contribution in [0, 0.1) is 12.7 Å². The third kappa shape index (κ3) is 3.31. The number of ether oxygens (including phenoxy) is 1. The van der Waals surface area contributed by atoms with Crippen molar-refractivity contribution in [2.75, 3.05) is 24.8 Å². The lowest BCUT2D eigenvalue weighted by atomic mass is 10.1. The van der Waals surface area contributed by atoms with Crippen LogP contribution in [0.2, 0.25) is 0 Å². The molecule has 110 valence electrons. The molecule has 0 aromatic heterocycles. The average Bonchev–Trinajstić information content (AvgIpc) is 2.47. The van der Waals surface area contributed by atoms with Crippen LogP contribution in [0.15, 0.2) is 36.4 Å². The summed E-state index contributed by atoms with van der Waals surface area (Å²) in [5, 5.41) is 5.64. The molecule has 0 atom stereocenters. The molecule has 0 aliphatic carbocycles. The van der Waals surface area contributed by atoms with Gasteiger partial charge in [0.1, 0.15) is 0 Å². The molecule has 0 unspecified atom stereocenters. The van der Waals surface area contributed by atoms with Gasteiger partial charge in [-0.1, -0.05) is 11.6 Å². The van der Waals surface area contributed by atoms with Crippen molar-refractivity contribution in [1.29, 1.82) is 0 Å². The number of hydrogen-bond acceptors (Lipinski definition) is 3. The number of carbonyl (C=O) groups excluding carboxylic acids is 1. The van der Waals surface area contributed by atoms with Crippen LogP contribution < -0.4 is 15.4 Å². The van der Waals surface area contributed by atoms with Crippen LogP contribution in [0.4, 0.5) is 15.8 Å². The van der Waals surface area contributed by atoms with Crippen molar-refractivity contribution in [1.82, 2.24) is 0 Å². The molecule has 0 saturated carbocycles. The van der Waals surface area contributed by atoms with Gasteiger partial charge in [-0.25, -0.2) is 4.39 Å². The third-order valence-electron chi connectivity index (χ3n) is 3.10. The summed E-state index contributed by atoms with van der Waals surface area (Å²) in [4.78, 5) is 12.3. The molecule has 5 heteroatoms. The molecule has 0 spiro atoms. The van der Waals surface area contributed by atoms with Gasteiger partial charge in [0.15, 0.2) is 11.6 Å². The zero-order valence-corrected chi connectivity index (χ0v) is 12.2. The van der Waals surface area contributed by atoms with E-state index in [9.17, 15) is 9.18 Å². The summed E-state index contributed by atoms with van der Waals surface area (Å²) in [6, 6.07) is 9.82. The van der Waals surface area contributed by atoms with Crippen molar-refractivity contribution in [3.63, 3.8) is 0 Å². The Bertz CT molecular complexity index is 671. The molecule has 2 rings (SSSR count). The number of methoxy groups -OCH3 is 1. The van der Waals surface area contributed by atoms with Gasteiger partial charge in [-0.3, -0.25) is 4.79 Å². The molecule has 0 aliphatic rings. The zero-order valence-electron chi connectivity index (χ0n) is 12.2. The van der Waals surface area contributed by atoms with Crippen molar-refractivity contribution < 1.29 is 13.9 Å². The Hall–Kier alpha value is -2.56. The number of nitrogens with one attached hydrogen (secondary N) is 2. The average molecular weight is 288 g/mol. The molecule has 0 radical (unpaired) electrons. The van der Waals surface area contributed by atoms with E-state index in [1.807, 2.05) is 19.1 Å². The highest BCUT2D eigenvalue weighted by Gasteiger charge is 2.12. The standard InChI is InChI=1S/C16H17FN2O2/c1-10-4-6-14(18-2)12(8-10)16(20)19-11-5-7-15(21-3)13(17)9-11/h4-9,18H,1-3H3,(H,19,20). The van der Waals surface area contributed by atoms with Gasteiger partial charge in [0, 0.05) is 24.5 Å². The van der Waals surface area contributed by atoms with Gasteiger partial charge in [-0.15, -0.1) is 0 Å². The number of benzene rings is 2. The lowest BCUT2D eigenvalue weighted by Crippen LogP contribution is -2.14. The second-order valence-electron chi connectivity index (χ2n) is 4.60. The van der Waals surface area contributed by atoms with Gasteiger partial charge < -0.3 is 15.4 Å². The largest absolute Gasteiger partial charge is 0.494 e.